The van der Waals surface area contributed by atoms with Crippen LogP contribution in [0.15, 0.2) is 0 Å². The summed E-state index contributed by atoms with van der Waals surface area (Å²) in [5.74, 6) is 7.49. The number of rotatable bonds is 2. The van der Waals surface area contributed by atoms with Crippen molar-refractivity contribution in [2.75, 3.05) is 0 Å². The van der Waals surface area contributed by atoms with Crippen molar-refractivity contribution in [3.63, 3.8) is 0 Å². The van der Waals surface area contributed by atoms with Gasteiger partial charge in [-0.2, -0.15) is 0 Å². The fourth-order valence-corrected chi connectivity index (χ4v) is 5.40. The quantitative estimate of drug-likeness (QED) is 0.764. The van der Waals surface area contributed by atoms with E-state index in [9.17, 15) is 10.2 Å². The Kier molecular flexibility index (Phi) is 3.66. The summed E-state index contributed by atoms with van der Waals surface area (Å²) in [5, 5.41) is 20.1. The lowest BCUT2D eigenvalue weighted by Crippen LogP contribution is -2.42. The maximum atomic E-state index is 10.4. The fraction of sp³-hybridized carbons (Fsp3) is 0.895. The van der Waals surface area contributed by atoms with Crippen LogP contribution in [0.2, 0.25) is 0 Å². The van der Waals surface area contributed by atoms with E-state index >= 15 is 0 Å². The molecule has 0 radical (unpaired) electrons. The SMILES string of the molecule is CC(C)(O)C#CCC1([C@H]2CC[C@H]3[C@@H](O)CCC[C@]23C)CC1. The highest BCUT2D eigenvalue weighted by atomic mass is 16.3. The first-order valence-electron chi connectivity index (χ1n) is 8.67. The Hall–Kier alpha value is -0.520. The van der Waals surface area contributed by atoms with Crippen LogP contribution in [0.5, 0.6) is 0 Å². The third-order valence-electron chi connectivity index (χ3n) is 6.56. The summed E-state index contributed by atoms with van der Waals surface area (Å²) in [4.78, 5) is 0. The molecular formula is C19H30O2. The Morgan fingerprint density at radius 2 is 1.86 bits per heavy atom. The van der Waals surface area contributed by atoms with E-state index in [1.54, 1.807) is 13.8 Å². The van der Waals surface area contributed by atoms with Gasteiger partial charge < -0.3 is 10.2 Å². The van der Waals surface area contributed by atoms with Gasteiger partial charge in [0.05, 0.1) is 6.10 Å². The number of fused-ring (bicyclic) bond motifs is 1. The molecule has 0 amide bonds. The molecule has 3 rings (SSSR count). The first-order chi connectivity index (χ1) is 9.77. The number of hydrogen-bond donors (Lipinski definition) is 2. The standard InChI is InChI=1S/C19H30O2/c1-17(2,21)9-5-11-19(12-13-19)16-8-7-14-15(20)6-4-10-18(14,16)3/h14-16,20-21H,4,6-8,10-13H2,1-3H3/t14-,15-,16-,18-/m0/s1. The van der Waals surface area contributed by atoms with Gasteiger partial charge in [-0.1, -0.05) is 25.2 Å². The molecule has 21 heavy (non-hydrogen) atoms. The molecule has 2 N–H and O–H groups in total. The van der Waals surface area contributed by atoms with Crippen molar-refractivity contribution < 1.29 is 10.2 Å². The number of aliphatic hydroxyl groups is 2. The minimum atomic E-state index is -0.876. The van der Waals surface area contributed by atoms with Crippen molar-refractivity contribution in [1.82, 2.24) is 0 Å². The summed E-state index contributed by atoms with van der Waals surface area (Å²) >= 11 is 0. The van der Waals surface area contributed by atoms with Gasteiger partial charge in [0.25, 0.3) is 0 Å². The topological polar surface area (TPSA) is 40.5 Å². The van der Waals surface area contributed by atoms with Crippen LogP contribution in [0.4, 0.5) is 0 Å². The van der Waals surface area contributed by atoms with Crippen molar-refractivity contribution >= 4 is 0 Å². The van der Waals surface area contributed by atoms with Gasteiger partial charge in [-0.25, -0.2) is 0 Å². The summed E-state index contributed by atoms with van der Waals surface area (Å²) in [6.07, 6.45) is 9.35. The van der Waals surface area contributed by atoms with Crippen molar-refractivity contribution in [2.24, 2.45) is 22.7 Å². The summed E-state index contributed by atoms with van der Waals surface area (Å²) in [6.45, 7) is 5.94. The highest BCUT2D eigenvalue weighted by molar-refractivity contribution is 5.18. The van der Waals surface area contributed by atoms with Gasteiger partial charge >= 0.3 is 0 Å². The molecule has 3 aliphatic rings. The van der Waals surface area contributed by atoms with E-state index in [1.807, 2.05) is 0 Å². The molecule has 0 saturated heterocycles. The van der Waals surface area contributed by atoms with Crippen molar-refractivity contribution in [1.29, 1.82) is 0 Å². The molecule has 3 fully saturated rings. The van der Waals surface area contributed by atoms with Gasteiger partial charge in [0.1, 0.15) is 5.60 Å². The lowest BCUT2D eigenvalue weighted by atomic mass is 9.60. The Morgan fingerprint density at radius 1 is 1.14 bits per heavy atom. The molecule has 0 aromatic heterocycles. The molecule has 0 aromatic carbocycles. The molecular weight excluding hydrogens is 260 g/mol. The average Bonchev–Trinajstić information content (AvgIpc) is 3.03. The Labute approximate surface area is 129 Å². The predicted octanol–water partition coefficient (Wildman–Crippen LogP) is 3.51. The zero-order valence-corrected chi connectivity index (χ0v) is 13.8. The third kappa shape index (κ3) is 2.76. The Morgan fingerprint density at radius 3 is 2.48 bits per heavy atom. The summed E-state index contributed by atoms with van der Waals surface area (Å²) in [7, 11) is 0. The van der Waals surface area contributed by atoms with E-state index < -0.39 is 5.60 Å². The van der Waals surface area contributed by atoms with Crippen LogP contribution in [-0.4, -0.2) is 21.9 Å². The minimum Gasteiger partial charge on any atom is -0.393 e. The average molecular weight is 290 g/mol. The number of hydrogen-bond acceptors (Lipinski definition) is 2. The highest BCUT2D eigenvalue weighted by Gasteiger charge is 2.61. The van der Waals surface area contributed by atoms with Crippen molar-refractivity contribution in [3.8, 4) is 11.8 Å². The molecule has 0 unspecified atom stereocenters. The van der Waals surface area contributed by atoms with Crippen LogP contribution in [0, 0.1) is 34.5 Å². The van der Waals surface area contributed by atoms with E-state index in [-0.39, 0.29) is 6.10 Å². The zero-order valence-electron chi connectivity index (χ0n) is 13.8. The van der Waals surface area contributed by atoms with Gasteiger partial charge in [0.2, 0.25) is 0 Å². The first-order valence-corrected chi connectivity index (χ1v) is 8.67. The van der Waals surface area contributed by atoms with Crippen LogP contribution in [0.25, 0.3) is 0 Å². The zero-order chi connectivity index (χ0) is 15.3. The molecule has 118 valence electrons. The van der Waals surface area contributed by atoms with Gasteiger partial charge in [0, 0.05) is 6.42 Å². The van der Waals surface area contributed by atoms with Gasteiger partial charge in [-0.15, -0.1) is 0 Å². The second-order valence-corrected chi connectivity index (χ2v) is 8.60. The van der Waals surface area contributed by atoms with E-state index in [0.29, 0.717) is 16.7 Å². The molecule has 2 nitrogen and oxygen atoms in total. The molecule has 0 spiro atoms. The predicted molar refractivity (Wildman–Crippen MR) is 84.5 cm³/mol. The van der Waals surface area contributed by atoms with Crippen LogP contribution in [0.1, 0.15) is 72.1 Å². The molecule has 0 aliphatic heterocycles. The molecule has 3 saturated carbocycles. The maximum Gasteiger partial charge on any atom is 0.119 e. The lowest BCUT2D eigenvalue weighted by Gasteiger charge is -2.46. The monoisotopic (exact) mass is 290 g/mol. The second kappa shape index (κ2) is 5.00. The smallest absolute Gasteiger partial charge is 0.119 e. The normalized spacial score (nSPS) is 41.1. The molecule has 2 heteroatoms. The molecule has 4 atom stereocenters. The Balaban J connectivity index is 1.76. The largest absolute Gasteiger partial charge is 0.393 e. The minimum absolute atomic E-state index is 0.0768. The van der Waals surface area contributed by atoms with Crippen LogP contribution < -0.4 is 0 Å². The van der Waals surface area contributed by atoms with Crippen LogP contribution in [-0.2, 0) is 0 Å². The maximum absolute atomic E-state index is 10.4. The summed E-state index contributed by atoms with van der Waals surface area (Å²) in [5.41, 5.74) is -0.164. The second-order valence-electron chi connectivity index (χ2n) is 8.60. The number of aliphatic hydroxyl groups excluding tert-OH is 1. The van der Waals surface area contributed by atoms with E-state index in [0.717, 1.165) is 18.8 Å². The van der Waals surface area contributed by atoms with E-state index in [2.05, 4.69) is 18.8 Å². The molecule has 0 heterocycles. The van der Waals surface area contributed by atoms with Gasteiger partial charge in [0.15, 0.2) is 0 Å². The summed E-state index contributed by atoms with van der Waals surface area (Å²) < 4.78 is 0. The fourth-order valence-electron chi connectivity index (χ4n) is 5.40. The van der Waals surface area contributed by atoms with Crippen molar-refractivity contribution in [2.45, 2.75) is 83.8 Å². The van der Waals surface area contributed by atoms with Crippen LogP contribution in [0.3, 0.4) is 0 Å². The molecule has 3 aliphatic carbocycles. The Bertz CT molecular complexity index is 460. The third-order valence-corrected chi connectivity index (χ3v) is 6.56. The van der Waals surface area contributed by atoms with E-state index in [1.165, 1.54) is 38.5 Å². The van der Waals surface area contributed by atoms with Crippen molar-refractivity contribution in [3.05, 3.63) is 0 Å². The lowest BCUT2D eigenvalue weighted by molar-refractivity contribution is -0.0317. The highest BCUT2D eigenvalue weighted by Crippen LogP contribution is 2.68. The van der Waals surface area contributed by atoms with Gasteiger partial charge in [-0.05, 0) is 75.0 Å². The van der Waals surface area contributed by atoms with Gasteiger partial charge in [-0.3, -0.25) is 0 Å². The first kappa shape index (κ1) is 15.4. The summed E-state index contributed by atoms with van der Waals surface area (Å²) in [6, 6.07) is 0. The van der Waals surface area contributed by atoms with E-state index in [4.69, 9.17) is 0 Å². The van der Waals surface area contributed by atoms with Crippen LogP contribution >= 0.6 is 0 Å². The molecule has 0 bridgehead atoms. The molecule has 0 aromatic rings.